The number of carbonyl (C=O) groups excluding carboxylic acids is 1. The van der Waals surface area contributed by atoms with Gasteiger partial charge in [-0.15, -0.1) is 0 Å². The summed E-state index contributed by atoms with van der Waals surface area (Å²) in [5, 5.41) is 21.0. The van der Waals surface area contributed by atoms with Gasteiger partial charge in [0.25, 0.3) is 5.69 Å². The molecule has 3 aromatic rings. The molecule has 0 amide bonds. The Morgan fingerprint density at radius 3 is 2.43 bits per heavy atom. The van der Waals surface area contributed by atoms with E-state index in [-0.39, 0.29) is 16.9 Å². The molecule has 150 valence electrons. The van der Waals surface area contributed by atoms with Crippen LogP contribution in [0.4, 0.5) is 17.1 Å². The Kier molecular flexibility index (Phi) is 6.32. The Morgan fingerprint density at radius 1 is 1.17 bits per heavy atom. The van der Waals surface area contributed by atoms with E-state index in [1.165, 1.54) is 13.2 Å². The van der Waals surface area contributed by atoms with Gasteiger partial charge in [0.05, 0.1) is 29.2 Å². The molecule has 8 heteroatoms. The van der Waals surface area contributed by atoms with Crippen molar-refractivity contribution in [3.05, 3.63) is 85.5 Å². The molecule has 0 heterocycles. The molecule has 0 unspecified atom stereocenters. The zero-order chi connectivity index (χ0) is 21.8. The van der Waals surface area contributed by atoms with Crippen LogP contribution in [0.2, 0.25) is 0 Å². The first-order chi connectivity index (χ1) is 14.4. The van der Waals surface area contributed by atoms with Crippen molar-refractivity contribution in [3.8, 4) is 17.2 Å². The van der Waals surface area contributed by atoms with E-state index in [0.29, 0.717) is 14.8 Å². The maximum absolute atomic E-state index is 12.3. The van der Waals surface area contributed by atoms with Gasteiger partial charge in [0.15, 0.2) is 0 Å². The smallest absolute Gasteiger partial charge is 0.340 e. The molecular weight excluding hydrogens is 497 g/mol. The van der Waals surface area contributed by atoms with Crippen LogP contribution in [0.25, 0.3) is 11.1 Å². The molecule has 0 saturated heterocycles. The number of hydrogen-bond donors (Lipinski definition) is 0. The molecule has 30 heavy (non-hydrogen) atoms. The molecule has 0 aromatic heterocycles. The molecule has 0 aliphatic carbocycles. The largest absolute Gasteiger partial charge is 0.465 e. The molecule has 7 nitrogen and oxygen atoms in total. The zero-order valence-corrected chi connectivity index (χ0v) is 18.3. The van der Waals surface area contributed by atoms with Gasteiger partial charge in [-0.25, -0.2) is 4.79 Å². The van der Waals surface area contributed by atoms with Crippen LogP contribution in [-0.2, 0) is 4.74 Å². The van der Waals surface area contributed by atoms with Gasteiger partial charge in [-0.3, -0.25) is 10.1 Å². The lowest BCUT2D eigenvalue weighted by Crippen LogP contribution is -2.17. The monoisotopic (exact) mass is 513 g/mol. The summed E-state index contributed by atoms with van der Waals surface area (Å²) >= 11 is 1.93. The quantitative estimate of drug-likeness (QED) is 0.199. The molecule has 3 rings (SSSR count). The van der Waals surface area contributed by atoms with E-state index in [0.717, 1.165) is 11.1 Å². The summed E-state index contributed by atoms with van der Waals surface area (Å²) in [5.41, 5.74) is 2.90. The zero-order valence-electron chi connectivity index (χ0n) is 16.1. The minimum Gasteiger partial charge on any atom is -0.465 e. The molecule has 0 spiro atoms. The van der Waals surface area contributed by atoms with Crippen molar-refractivity contribution in [1.29, 1.82) is 5.26 Å². The van der Waals surface area contributed by atoms with Crippen molar-refractivity contribution in [3.63, 3.8) is 0 Å². The summed E-state index contributed by atoms with van der Waals surface area (Å²) in [6.45, 7) is 0. The molecular formula is C22H16IN3O4. The average molecular weight is 513 g/mol. The Bertz CT molecular complexity index is 1170. The van der Waals surface area contributed by atoms with Crippen molar-refractivity contribution in [2.24, 2.45) is 0 Å². The third-order valence-corrected chi connectivity index (χ3v) is 5.23. The number of hydrogen-bond acceptors (Lipinski definition) is 6. The molecule has 3 aromatic carbocycles. The number of ether oxygens (including phenoxy) is 1. The molecule has 0 radical (unpaired) electrons. The third-order valence-electron chi connectivity index (χ3n) is 4.61. The lowest BCUT2D eigenvalue weighted by atomic mass is 10.00. The van der Waals surface area contributed by atoms with E-state index < -0.39 is 10.9 Å². The van der Waals surface area contributed by atoms with Gasteiger partial charge < -0.3 is 9.64 Å². The number of nitro benzene ring substituents is 1. The molecule has 0 saturated carbocycles. The number of esters is 1. The van der Waals surface area contributed by atoms with E-state index in [4.69, 9.17) is 4.74 Å². The molecule has 0 aliphatic rings. The minimum atomic E-state index is -0.655. The Balaban J connectivity index is 2.09. The van der Waals surface area contributed by atoms with E-state index in [1.54, 1.807) is 42.3 Å². The molecule has 0 bridgehead atoms. The van der Waals surface area contributed by atoms with E-state index in [1.807, 2.05) is 46.9 Å². The second-order valence-electron chi connectivity index (χ2n) is 6.33. The highest BCUT2D eigenvalue weighted by Crippen LogP contribution is 2.38. The number of anilines is 2. The molecule has 0 atom stereocenters. The number of benzene rings is 3. The first-order valence-electron chi connectivity index (χ1n) is 8.77. The summed E-state index contributed by atoms with van der Waals surface area (Å²) in [6.07, 6.45) is 0. The number of nitro groups is 1. The van der Waals surface area contributed by atoms with Gasteiger partial charge in [-0.05, 0) is 58.0 Å². The van der Waals surface area contributed by atoms with Gasteiger partial charge in [0, 0.05) is 22.4 Å². The van der Waals surface area contributed by atoms with Gasteiger partial charge in [-0.2, -0.15) is 5.26 Å². The van der Waals surface area contributed by atoms with Crippen molar-refractivity contribution >= 4 is 45.6 Å². The second-order valence-corrected chi connectivity index (χ2v) is 7.58. The summed E-state index contributed by atoms with van der Waals surface area (Å²) in [6, 6.07) is 19.6. The van der Waals surface area contributed by atoms with Crippen LogP contribution in [-0.4, -0.2) is 25.1 Å². The molecule has 0 aliphatic heterocycles. The second kappa shape index (κ2) is 8.92. The Labute approximate surface area is 186 Å². The topological polar surface area (TPSA) is 96.5 Å². The number of methoxy groups -OCH3 is 1. The number of nitrogens with zero attached hydrogens (tertiary/aromatic N) is 3. The van der Waals surface area contributed by atoms with Crippen LogP contribution < -0.4 is 4.90 Å². The third kappa shape index (κ3) is 4.11. The van der Waals surface area contributed by atoms with Crippen molar-refractivity contribution < 1.29 is 14.5 Å². The fraction of sp³-hybridized carbons (Fsp3) is 0.0909. The number of nitriles is 1. The molecule has 0 N–H and O–H groups in total. The first-order valence-corrected chi connectivity index (χ1v) is 9.84. The van der Waals surface area contributed by atoms with Crippen LogP contribution in [0.1, 0.15) is 15.9 Å². The van der Waals surface area contributed by atoms with Crippen molar-refractivity contribution in [2.45, 2.75) is 0 Å². The molecule has 0 fully saturated rings. The Morgan fingerprint density at radius 2 is 1.83 bits per heavy atom. The standard InChI is InChI=1S/C22H16IN3O4/c1-25(21-19(22(27)30-2)11-16(23)12-20(21)26(28)29)17-9-7-14(8-10-17)18-6-4-3-5-15(18)13-24/h3-12H,1-2H3. The first kappa shape index (κ1) is 21.3. The number of halogens is 1. The van der Waals surface area contributed by atoms with Crippen LogP contribution in [0.5, 0.6) is 0 Å². The fourth-order valence-electron chi connectivity index (χ4n) is 3.17. The Hall–Kier alpha value is -3.45. The maximum atomic E-state index is 12.3. The lowest BCUT2D eigenvalue weighted by Gasteiger charge is -2.22. The summed E-state index contributed by atoms with van der Waals surface area (Å²) in [4.78, 5) is 25.0. The highest BCUT2D eigenvalue weighted by Gasteiger charge is 2.27. The predicted molar refractivity (Wildman–Crippen MR) is 122 cm³/mol. The van der Waals surface area contributed by atoms with Gasteiger partial charge in [0.2, 0.25) is 0 Å². The van der Waals surface area contributed by atoms with Crippen LogP contribution in [0.3, 0.4) is 0 Å². The van der Waals surface area contributed by atoms with E-state index in [2.05, 4.69) is 6.07 Å². The highest BCUT2D eigenvalue weighted by molar-refractivity contribution is 14.1. The number of carbonyl (C=O) groups is 1. The minimum absolute atomic E-state index is 0.109. The highest BCUT2D eigenvalue weighted by atomic mass is 127. The van der Waals surface area contributed by atoms with Gasteiger partial charge in [0.1, 0.15) is 5.69 Å². The maximum Gasteiger partial charge on any atom is 0.340 e. The van der Waals surface area contributed by atoms with Gasteiger partial charge in [-0.1, -0.05) is 30.3 Å². The van der Waals surface area contributed by atoms with E-state index in [9.17, 15) is 20.2 Å². The SMILES string of the molecule is COC(=O)c1cc(I)cc([N+](=O)[O-])c1N(C)c1ccc(-c2ccccc2C#N)cc1. The van der Waals surface area contributed by atoms with Crippen molar-refractivity contribution in [1.82, 2.24) is 0 Å². The lowest BCUT2D eigenvalue weighted by molar-refractivity contribution is -0.384. The summed E-state index contributed by atoms with van der Waals surface area (Å²) in [7, 11) is 2.89. The van der Waals surface area contributed by atoms with Crippen molar-refractivity contribution in [2.75, 3.05) is 19.1 Å². The summed E-state index contributed by atoms with van der Waals surface area (Å²) < 4.78 is 5.39. The normalized spacial score (nSPS) is 10.2. The van der Waals surface area contributed by atoms with Crippen LogP contribution in [0, 0.1) is 25.0 Å². The number of rotatable bonds is 5. The van der Waals surface area contributed by atoms with Crippen LogP contribution in [0.15, 0.2) is 60.7 Å². The summed E-state index contributed by atoms with van der Waals surface area (Å²) in [5.74, 6) is -0.655. The average Bonchev–Trinajstić information content (AvgIpc) is 2.77. The predicted octanol–water partition coefficient (Wildman–Crippen LogP) is 5.29. The fourth-order valence-corrected chi connectivity index (χ4v) is 3.77. The van der Waals surface area contributed by atoms with E-state index >= 15 is 0 Å². The van der Waals surface area contributed by atoms with Crippen LogP contribution >= 0.6 is 22.6 Å². The van der Waals surface area contributed by atoms with Gasteiger partial charge >= 0.3 is 5.97 Å².